The van der Waals surface area contributed by atoms with Crippen molar-refractivity contribution in [2.45, 2.75) is 66.0 Å². The summed E-state index contributed by atoms with van der Waals surface area (Å²) in [5.41, 5.74) is 12.6. The van der Waals surface area contributed by atoms with Crippen LogP contribution in [0.25, 0.3) is 94.6 Å². The quantitative estimate of drug-likeness (QED) is 0.117. The molecule has 11 rings (SSSR count). The summed E-state index contributed by atoms with van der Waals surface area (Å²) < 4.78 is 40.7. The van der Waals surface area contributed by atoms with Crippen LogP contribution >= 0.6 is 0 Å². The Balaban J connectivity index is 0.000000289. The summed E-state index contributed by atoms with van der Waals surface area (Å²) in [6.45, 7) is 13.3. The van der Waals surface area contributed by atoms with Gasteiger partial charge in [0.1, 0.15) is 16.7 Å². The van der Waals surface area contributed by atoms with Gasteiger partial charge in [0.2, 0.25) is 5.71 Å². The molecule has 0 N–H and O–H groups in total. The Hall–Kier alpha value is -6.44. The van der Waals surface area contributed by atoms with Gasteiger partial charge >= 0.3 is 0 Å². The minimum absolute atomic E-state index is 0. The topological polar surface area (TPSA) is 69.9 Å². The number of imidazole rings is 1. The van der Waals surface area contributed by atoms with Crippen molar-refractivity contribution in [3.05, 3.63) is 175 Å². The van der Waals surface area contributed by atoms with E-state index in [0.717, 1.165) is 60.9 Å². The third-order valence-electron chi connectivity index (χ3n) is 12.0. The van der Waals surface area contributed by atoms with Crippen LogP contribution in [0.15, 0.2) is 155 Å². The third kappa shape index (κ3) is 8.05. The molecule has 1 radical (unpaired) electrons. The van der Waals surface area contributed by atoms with Crippen molar-refractivity contribution in [2.75, 3.05) is 0 Å². The van der Waals surface area contributed by atoms with Gasteiger partial charge in [0.15, 0.2) is 0 Å². The molecule has 0 atom stereocenters. The normalized spacial score (nSPS) is 12.7. The summed E-state index contributed by atoms with van der Waals surface area (Å²) in [7, 11) is -1.23. The van der Waals surface area contributed by atoms with Crippen molar-refractivity contribution in [2.24, 2.45) is 0 Å². The molecule has 325 valence electrons. The maximum atomic E-state index is 8.62. The summed E-state index contributed by atoms with van der Waals surface area (Å²) in [6.07, 6.45) is 2.02. The van der Waals surface area contributed by atoms with Crippen molar-refractivity contribution in [1.29, 1.82) is 0 Å². The van der Waals surface area contributed by atoms with Crippen molar-refractivity contribution in [3.8, 4) is 39.5 Å². The summed E-state index contributed by atoms with van der Waals surface area (Å²) >= 11 is 0. The number of rotatable bonds is 7. The Morgan fingerprint density at radius 1 is 0.662 bits per heavy atom. The van der Waals surface area contributed by atoms with Crippen molar-refractivity contribution in [3.63, 3.8) is 0 Å². The van der Waals surface area contributed by atoms with Crippen LogP contribution in [0.4, 0.5) is 0 Å². The van der Waals surface area contributed by atoms with Gasteiger partial charge in [-0.25, -0.2) is 4.98 Å². The second kappa shape index (κ2) is 17.5. The van der Waals surface area contributed by atoms with E-state index in [1.807, 2.05) is 85.1 Å². The monoisotopic (exact) mass is 1050 g/mol. The Morgan fingerprint density at radius 2 is 1.42 bits per heavy atom. The van der Waals surface area contributed by atoms with E-state index in [0.29, 0.717) is 44.8 Å². The van der Waals surface area contributed by atoms with E-state index >= 15 is 0 Å². The molecule has 0 spiro atoms. The minimum atomic E-state index is -2.38. The molecule has 11 aromatic rings. The van der Waals surface area contributed by atoms with E-state index in [4.69, 9.17) is 22.9 Å². The molecule has 6 nitrogen and oxygen atoms in total. The molecule has 5 heterocycles. The summed E-state index contributed by atoms with van der Waals surface area (Å²) in [4.78, 5) is 14.7. The average molecular weight is 1050 g/mol. The number of hydrogen-bond acceptors (Lipinski definition) is 5. The molecule has 0 saturated carbocycles. The van der Waals surface area contributed by atoms with Crippen molar-refractivity contribution >= 4 is 68.4 Å². The van der Waals surface area contributed by atoms with Gasteiger partial charge in [-0.2, -0.15) is 0 Å². The molecule has 0 aliphatic carbocycles. The first-order chi connectivity index (χ1) is 32.2. The Morgan fingerprint density at radius 3 is 2.11 bits per heavy atom. The van der Waals surface area contributed by atoms with Crippen molar-refractivity contribution in [1.82, 2.24) is 19.5 Å². The molecule has 5 aromatic heterocycles. The molecule has 0 saturated heterocycles. The molecule has 8 heteroatoms. The number of benzene rings is 6. The number of nitrogens with zero attached hydrogens (tertiary/aromatic N) is 4. The van der Waals surface area contributed by atoms with Crippen LogP contribution in [0.3, 0.4) is 0 Å². The second-order valence-corrected chi connectivity index (χ2v) is 23.1. The molecule has 0 bridgehead atoms. The van der Waals surface area contributed by atoms with Crippen LogP contribution in [0.5, 0.6) is 0 Å². The predicted molar refractivity (Wildman–Crippen MR) is 268 cm³/mol. The van der Waals surface area contributed by atoms with Crippen LogP contribution in [0.1, 0.15) is 60.3 Å². The van der Waals surface area contributed by atoms with Crippen LogP contribution < -0.4 is 5.19 Å². The maximum absolute atomic E-state index is 8.62. The number of furan rings is 2. The van der Waals surface area contributed by atoms with E-state index in [-0.39, 0.29) is 37.5 Å². The largest absolute Gasteiger partial charge is 0.499 e. The summed E-state index contributed by atoms with van der Waals surface area (Å²) in [5, 5.41) is 4.03. The Labute approximate surface area is 399 Å². The molecule has 6 aromatic carbocycles. The third-order valence-corrected chi connectivity index (χ3v) is 14.0. The van der Waals surface area contributed by atoms with Gasteiger partial charge in [-0.1, -0.05) is 126 Å². The summed E-state index contributed by atoms with van der Waals surface area (Å²) in [5.74, 6) is 0.760. The summed E-state index contributed by atoms with van der Waals surface area (Å²) in [6, 6.07) is 52.7. The first kappa shape index (κ1) is 40.1. The fourth-order valence-corrected chi connectivity index (χ4v) is 9.67. The fraction of sp³-hybridized carbons (Fsp3) is 0.175. The zero-order valence-corrected chi connectivity index (χ0v) is 40.8. The average Bonchev–Trinajstić information content (AvgIpc) is 4.01. The second-order valence-electron chi connectivity index (χ2n) is 18.1. The SMILES string of the molecule is C[Si](C)(C)c1ccc(-c2[c-]cccc2)nc1.[2H]C([2H])([2H])c1cccc2nc(-c3[c-]ccc4c3oc3cc5c(nc34)oc3ccccc35)n(-c3c(C(C)C)cc(-c4ccccc4)cc3C(C)C)c12.[Ir]. The van der Waals surface area contributed by atoms with Gasteiger partial charge in [-0.3, -0.25) is 4.98 Å². The zero-order valence-electron chi connectivity index (χ0n) is 40.4. The molecule has 0 fully saturated rings. The zero-order chi connectivity index (χ0) is 46.8. The number of aromatic nitrogens is 4. The first-order valence-electron chi connectivity index (χ1n) is 23.4. The standard InChI is InChI=1S/C43H34N3O2.C14H16NSi.Ir/c1-24(2)32-21-28(27-14-7-6-8-15-27)22-33(25(3)4)40(32)46-39-26(5)13-11-19-35(39)44-42(46)31-18-12-17-30-38-37(47-41(30)31)23-34-29-16-9-10-20-36(29)48-43(34)45-38;1-16(2,3)13-9-10-14(15-11-13)12-7-5-4-6-8-12;/h6-17,19-25H,1-5H3;4-7,9-11H,1-3H3;/q2*-1;/i5D3;;. The van der Waals surface area contributed by atoms with Crippen LogP contribution in [-0.4, -0.2) is 27.6 Å². The number of aryl methyl sites for hydroxylation is 1. The number of fused-ring (bicyclic) bond motifs is 7. The Kier molecular flexibility index (Phi) is 10.8. The molecular weight excluding hydrogens is 993 g/mol. The van der Waals surface area contributed by atoms with Gasteiger partial charge in [-0.15, -0.1) is 54.1 Å². The van der Waals surface area contributed by atoms with E-state index in [2.05, 4.69) is 118 Å². The molecular formula is C57H50IrN4O2Si-2. The van der Waals surface area contributed by atoms with E-state index in [9.17, 15) is 0 Å². The van der Waals surface area contributed by atoms with Crippen LogP contribution in [0, 0.1) is 19.0 Å². The van der Waals surface area contributed by atoms with Crippen LogP contribution in [0.2, 0.25) is 19.6 Å². The van der Waals surface area contributed by atoms with E-state index in [1.165, 1.54) is 5.19 Å². The molecule has 65 heavy (non-hydrogen) atoms. The smallest absolute Gasteiger partial charge is 0.228 e. The molecule has 0 amide bonds. The molecule has 0 aliphatic heterocycles. The predicted octanol–water partition coefficient (Wildman–Crippen LogP) is 15.0. The van der Waals surface area contributed by atoms with Gasteiger partial charge in [0, 0.05) is 41.5 Å². The first-order valence-corrected chi connectivity index (χ1v) is 25.4. The maximum Gasteiger partial charge on any atom is 0.228 e. The van der Waals surface area contributed by atoms with E-state index < -0.39 is 14.9 Å². The minimum Gasteiger partial charge on any atom is -0.499 e. The fourth-order valence-electron chi connectivity index (χ4n) is 8.63. The number of pyridine rings is 2. The number of para-hydroxylation sites is 2. The van der Waals surface area contributed by atoms with Gasteiger partial charge in [0.25, 0.3) is 0 Å². The van der Waals surface area contributed by atoms with Crippen molar-refractivity contribution < 1.29 is 33.1 Å². The van der Waals surface area contributed by atoms with Gasteiger partial charge in [-0.05, 0) is 93.1 Å². The number of hydrogen-bond donors (Lipinski definition) is 0. The van der Waals surface area contributed by atoms with Crippen LogP contribution in [-0.2, 0) is 20.1 Å². The molecule has 0 unspecified atom stereocenters. The molecule has 0 aliphatic rings. The van der Waals surface area contributed by atoms with E-state index in [1.54, 1.807) is 12.1 Å². The Bertz CT molecular complexity index is 3580. The van der Waals surface area contributed by atoms with Gasteiger partial charge in [0.05, 0.1) is 35.9 Å². The van der Waals surface area contributed by atoms with Gasteiger partial charge < -0.3 is 18.4 Å².